The van der Waals surface area contributed by atoms with Crippen LogP contribution in [0.15, 0.2) is 54.6 Å². The van der Waals surface area contributed by atoms with Crippen molar-refractivity contribution < 1.29 is 18.0 Å². The van der Waals surface area contributed by atoms with E-state index in [1.54, 1.807) is 24.3 Å². The highest BCUT2D eigenvalue weighted by molar-refractivity contribution is 7.92. The van der Waals surface area contributed by atoms with Crippen LogP contribution >= 0.6 is 0 Å². The summed E-state index contributed by atoms with van der Waals surface area (Å²) in [4.78, 5) is 24.3. The minimum atomic E-state index is -3.20. The average molecular weight is 444 g/mol. The lowest BCUT2D eigenvalue weighted by atomic mass is 10.1. The Morgan fingerprint density at radius 2 is 1.52 bits per heavy atom. The molecular weight excluding hydrogens is 414 g/mol. The van der Waals surface area contributed by atoms with Crippen LogP contribution in [-0.2, 0) is 14.6 Å². The van der Waals surface area contributed by atoms with Crippen molar-refractivity contribution in [2.24, 2.45) is 0 Å². The number of hydrogen-bond donors (Lipinski definition) is 3. The number of hydrogen-bond acceptors (Lipinski definition) is 4. The van der Waals surface area contributed by atoms with Gasteiger partial charge in [-0.1, -0.05) is 43.2 Å². The Balaban J connectivity index is 1.46. The number of para-hydroxylation sites is 1. The molecule has 0 radical (unpaired) electrons. The number of amides is 3. The molecule has 0 bridgehead atoms. The lowest BCUT2D eigenvalue weighted by Gasteiger charge is -2.16. The summed E-state index contributed by atoms with van der Waals surface area (Å²) in [5, 5.41) is 8.07. The van der Waals surface area contributed by atoms with Gasteiger partial charge in [-0.2, -0.15) is 0 Å². The molecule has 0 spiro atoms. The van der Waals surface area contributed by atoms with Gasteiger partial charge >= 0.3 is 6.03 Å². The molecule has 3 rings (SSSR count). The Kier molecular flexibility index (Phi) is 7.68. The Bertz CT molecular complexity index is 985. The van der Waals surface area contributed by atoms with Crippen molar-refractivity contribution in [1.29, 1.82) is 0 Å². The summed E-state index contributed by atoms with van der Waals surface area (Å²) in [7, 11) is -3.20. The molecule has 1 unspecified atom stereocenters. The fourth-order valence-electron chi connectivity index (χ4n) is 3.72. The van der Waals surface area contributed by atoms with E-state index < -0.39 is 9.84 Å². The van der Waals surface area contributed by atoms with Gasteiger partial charge in [0.2, 0.25) is 5.91 Å². The smallest absolute Gasteiger partial charge is 0.323 e. The Hall–Kier alpha value is -2.87. The highest BCUT2D eigenvalue weighted by atomic mass is 32.2. The molecule has 1 aliphatic rings. The molecule has 3 amide bonds. The van der Waals surface area contributed by atoms with E-state index in [4.69, 9.17) is 0 Å². The van der Waals surface area contributed by atoms with Crippen LogP contribution in [0, 0.1) is 0 Å². The van der Waals surface area contributed by atoms with Gasteiger partial charge < -0.3 is 16.0 Å². The van der Waals surface area contributed by atoms with Crippen LogP contribution < -0.4 is 16.0 Å². The zero-order valence-corrected chi connectivity index (χ0v) is 18.5. The summed E-state index contributed by atoms with van der Waals surface area (Å²) >= 11 is 0. The maximum absolute atomic E-state index is 12.3. The van der Waals surface area contributed by atoms with Gasteiger partial charge in [0.05, 0.1) is 17.0 Å². The maximum atomic E-state index is 12.3. The number of carbonyl (C=O) groups excluding carboxylic acids is 2. The molecule has 166 valence electrons. The third kappa shape index (κ3) is 6.82. The number of rotatable bonds is 8. The second-order valence-electron chi connectivity index (χ2n) is 7.88. The van der Waals surface area contributed by atoms with Crippen LogP contribution in [0.5, 0.6) is 0 Å². The number of anilines is 2. The molecule has 0 saturated heterocycles. The first-order chi connectivity index (χ1) is 14.8. The van der Waals surface area contributed by atoms with Gasteiger partial charge in [-0.3, -0.25) is 4.79 Å². The van der Waals surface area contributed by atoms with Crippen molar-refractivity contribution in [1.82, 2.24) is 5.32 Å². The van der Waals surface area contributed by atoms with Crippen LogP contribution in [0.1, 0.15) is 50.6 Å². The fraction of sp³-hybridized carbons (Fsp3) is 0.391. The first kappa shape index (κ1) is 22.8. The van der Waals surface area contributed by atoms with Crippen LogP contribution in [0.2, 0.25) is 0 Å². The van der Waals surface area contributed by atoms with Gasteiger partial charge in [0, 0.05) is 17.8 Å². The molecular formula is C23H29N3O4S. The van der Waals surface area contributed by atoms with Crippen molar-refractivity contribution in [3.05, 3.63) is 60.2 Å². The van der Waals surface area contributed by atoms with E-state index in [-0.39, 0.29) is 35.4 Å². The maximum Gasteiger partial charge on any atom is 0.323 e. The third-order valence-electron chi connectivity index (χ3n) is 5.50. The van der Waals surface area contributed by atoms with E-state index in [0.717, 1.165) is 18.4 Å². The SMILES string of the molecule is CC(NC(=O)CCS(=O)(=O)C1CCCC1)c1ccc(NC(=O)Nc2ccccc2)cc1. The van der Waals surface area contributed by atoms with Crippen LogP contribution in [0.4, 0.5) is 16.2 Å². The van der Waals surface area contributed by atoms with E-state index in [1.807, 2.05) is 37.3 Å². The van der Waals surface area contributed by atoms with Gasteiger partial charge in [-0.05, 0) is 49.6 Å². The summed E-state index contributed by atoms with van der Waals surface area (Å²) in [6.07, 6.45) is 3.30. The quantitative estimate of drug-likeness (QED) is 0.567. The molecule has 3 N–H and O–H groups in total. The zero-order valence-electron chi connectivity index (χ0n) is 17.6. The molecule has 31 heavy (non-hydrogen) atoms. The second-order valence-corrected chi connectivity index (χ2v) is 10.3. The Morgan fingerprint density at radius 3 is 2.13 bits per heavy atom. The Labute approximate surface area is 183 Å². The van der Waals surface area contributed by atoms with Crippen molar-refractivity contribution in [2.75, 3.05) is 16.4 Å². The summed E-state index contributed by atoms with van der Waals surface area (Å²) in [6, 6.07) is 15.7. The van der Waals surface area contributed by atoms with Gasteiger partial charge in [-0.15, -0.1) is 0 Å². The summed E-state index contributed by atoms with van der Waals surface area (Å²) in [6.45, 7) is 1.84. The monoisotopic (exact) mass is 443 g/mol. The van der Waals surface area contributed by atoms with E-state index in [0.29, 0.717) is 24.2 Å². The number of benzene rings is 2. The number of carbonyl (C=O) groups is 2. The molecule has 2 aromatic carbocycles. The lowest BCUT2D eigenvalue weighted by molar-refractivity contribution is -0.121. The average Bonchev–Trinajstić information content (AvgIpc) is 3.29. The summed E-state index contributed by atoms with van der Waals surface area (Å²) in [5.74, 6) is -0.381. The van der Waals surface area contributed by atoms with Gasteiger partial charge in [0.25, 0.3) is 0 Å². The second kappa shape index (κ2) is 10.4. The standard InChI is InChI=1S/C23H29N3O4S/c1-17(24-22(27)15-16-31(29,30)21-9-5-6-10-21)18-11-13-20(14-12-18)26-23(28)25-19-7-3-2-4-8-19/h2-4,7-8,11-14,17,21H,5-6,9-10,15-16H2,1H3,(H,24,27)(H2,25,26,28). The predicted octanol–water partition coefficient (Wildman–Crippen LogP) is 4.26. The molecule has 0 heterocycles. The molecule has 0 aliphatic heterocycles. The number of nitrogens with one attached hydrogen (secondary N) is 3. The first-order valence-corrected chi connectivity index (χ1v) is 12.3. The van der Waals surface area contributed by atoms with Crippen molar-refractivity contribution in [2.45, 2.75) is 50.3 Å². The molecule has 1 fully saturated rings. The zero-order chi connectivity index (χ0) is 22.3. The molecule has 2 aromatic rings. The fourth-order valence-corrected chi connectivity index (χ4v) is 5.57. The van der Waals surface area contributed by atoms with Gasteiger partial charge in [0.1, 0.15) is 0 Å². The van der Waals surface area contributed by atoms with Crippen molar-refractivity contribution >= 4 is 33.2 Å². The summed E-state index contributed by atoms with van der Waals surface area (Å²) < 4.78 is 24.6. The number of sulfone groups is 1. The first-order valence-electron chi connectivity index (χ1n) is 10.6. The topological polar surface area (TPSA) is 104 Å². The molecule has 8 heteroatoms. The number of urea groups is 1. The Morgan fingerprint density at radius 1 is 0.935 bits per heavy atom. The third-order valence-corrected chi connectivity index (χ3v) is 7.76. The van der Waals surface area contributed by atoms with E-state index in [2.05, 4.69) is 16.0 Å². The van der Waals surface area contributed by atoms with E-state index >= 15 is 0 Å². The molecule has 0 aromatic heterocycles. The minimum Gasteiger partial charge on any atom is -0.350 e. The van der Waals surface area contributed by atoms with Crippen molar-refractivity contribution in [3.8, 4) is 0 Å². The van der Waals surface area contributed by atoms with Crippen LogP contribution in [0.25, 0.3) is 0 Å². The van der Waals surface area contributed by atoms with Gasteiger partial charge in [-0.25, -0.2) is 13.2 Å². The minimum absolute atomic E-state index is 0.0253. The molecule has 7 nitrogen and oxygen atoms in total. The van der Waals surface area contributed by atoms with Gasteiger partial charge in [0.15, 0.2) is 9.84 Å². The van der Waals surface area contributed by atoms with Crippen LogP contribution in [-0.4, -0.2) is 31.4 Å². The molecule has 1 aliphatic carbocycles. The van der Waals surface area contributed by atoms with E-state index in [9.17, 15) is 18.0 Å². The summed E-state index contributed by atoms with van der Waals surface area (Å²) in [5.41, 5.74) is 2.18. The lowest BCUT2D eigenvalue weighted by Crippen LogP contribution is -2.30. The predicted molar refractivity (Wildman–Crippen MR) is 123 cm³/mol. The molecule has 1 atom stereocenters. The van der Waals surface area contributed by atoms with Crippen molar-refractivity contribution in [3.63, 3.8) is 0 Å². The van der Waals surface area contributed by atoms with E-state index in [1.165, 1.54) is 0 Å². The van der Waals surface area contributed by atoms with Crippen LogP contribution in [0.3, 0.4) is 0 Å². The molecule has 1 saturated carbocycles. The highest BCUT2D eigenvalue weighted by Crippen LogP contribution is 2.25. The largest absolute Gasteiger partial charge is 0.350 e. The highest BCUT2D eigenvalue weighted by Gasteiger charge is 2.29. The normalized spacial score (nSPS) is 15.3.